The Balaban J connectivity index is 2.77. The summed E-state index contributed by atoms with van der Waals surface area (Å²) in [6.45, 7) is 4.08. The number of benzene rings is 1. The first-order chi connectivity index (χ1) is 6.11. The molecule has 1 atom stereocenters. The average molecular weight is 219 g/mol. The fourth-order valence-electron chi connectivity index (χ4n) is 0.912. The molecule has 0 aromatic heterocycles. The standard InChI is InChI=1S/C10H12Cl2O/c1-3-7(2)13-10-5-8(11)4-9(12)6-10/h4-7H,3H2,1-2H3. The van der Waals surface area contributed by atoms with E-state index >= 15 is 0 Å². The van der Waals surface area contributed by atoms with Crippen molar-refractivity contribution < 1.29 is 4.74 Å². The van der Waals surface area contributed by atoms with Gasteiger partial charge in [-0.2, -0.15) is 0 Å². The fourth-order valence-corrected chi connectivity index (χ4v) is 1.42. The van der Waals surface area contributed by atoms with Gasteiger partial charge in [-0.05, 0) is 31.5 Å². The Morgan fingerprint density at radius 1 is 1.23 bits per heavy atom. The predicted molar refractivity (Wildman–Crippen MR) is 56.8 cm³/mol. The van der Waals surface area contributed by atoms with Crippen LogP contribution in [0.3, 0.4) is 0 Å². The van der Waals surface area contributed by atoms with E-state index in [0.29, 0.717) is 10.0 Å². The number of hydrogen-bond donors (Lipinski definition) is 0. The van der Waals surface area contributed by atoms with Gasteiger partial charge >= 0.3 is 0 Å². The largest absolute Gasteiger partial charge is 0.491 e. The van der Waals surface area contributed by atoms with E-state index in [1.165, 1.54) is 0 Å². The topological polar surface area (TPSA) is 9.23 Å². The van der Waals surface area contributed by atoms with Crippen molar-refractivity contribution in [2.24, 2.45) is 0 Å². The molecule has 0 fully saturated rings. The van der Waals surface area contributed by atoms with Gasteiger partial charge in [0.2, 0.25) is 0 Å². The molecule has 0 aliphatic carbocycles. The summed E-state index contributed by atoms with van der Waals surface area (Å²) in [7, 11) is 0. The molecule has 0 amide bonds. The zero-order valence-corrected chi connectivity index (χ0v) is 9.19. The molecule has 3 heteroatoms. The number of rotatable bonds is 3. The lowest BCUT2D eigenvalue weighted by Crippen LogP contribution is -2.09. The van der Waals surface area contributed by atoms with E-state index in [1.807, 2.05) is 6.92 Å². The van der Waals surface area contributed by atoms with Crippen LogP contribution in [-0.4, -0.2) is 6.10 Å². The summed E-state index contributed by atoms with van der Waals surface area (Å²) in [6, 6.07) is 5.21. The molecule has 1 nitrogen and oxygen atoms in total. The van der Waals surface area contributed by atoms with Crippen molar-refractivity contribution in [3.63, 3.8) is 0 Å². The van der Waals surface area contributed by atoms with Gasteiger partial charge in [-0.1, -0.05) is 30.1 Å². The van der Waals surface area contributed by atoms with E-state index in [2.05, 4.69) is 6.92 Å². The molecule has 0 saturated heterocycles. The summed E-state index contributed by atoms with van der Waals surface area (Å²) in [6.07, 6.45) is 1.15. The van der Waals surface area contributed by atoms with Crippen molar-refractivity contribution in [3.05, 3.63) is 28.2 Å². The maximum absolute atomic E-state index is 5.81. The Morgan fingerprint density at radius 3 is 2.23 bits per heavy atom. The van der Waals surface area contributed by atoms with Crippen LogP contribution in [0.4, 0.5) is 0 Å². The summed E-state index contributed by atoms with van der Waals surface area (Å²) in [4.78, 5) is 0. The monoisotopic (exact) mass is 218 g/mol. The van der Waals surface area contributed by atoms with Crippen molar-refractivity contribution in [2.45, 2.75) is 26.4 Å². The van der Waals surface area contributed by atoms with Crippen molar-refractivity contribution in [2.75, 3.05) is 0 Å². The van der Waals surface area contributed by atoms with Crippen LogP contribution in [0.5, 0.6) is 5.75 Å². The third-order valence-electron chi connectivity index (χ3n) is 1.75. The molecule has 1 aromatic carbocycles. The van der Waals surface area contributed by atoms with E-state index < -0.39 is 0 Å². The SMILES string of the molecule is CCC(C)Oc1cc(Cl)cc(Cl)c1. The van der Waals surface area contributed by atoms with Crippen LogP contribution in [-0.2, 0) is 0 Å². The smallest absolute Gasteiger partial charge is 0.122 e. The van der Waals surface area contributed by atoms with Gasteiger partial charge in [-0.15, -0.1) is 0 Å². The summed E-state index contributed by atoms with van der Waals surface area (Å²) in [5.41, 5.74) is 0. The molecule has 0 aliphatic heterocycles. The lowest BCUT2D eigenvalue weighted by atomic mass is 10.3. The molecule has 0 N–H and O–H groups in total. The second-order valence-electron chi connectivity index (χ2n) is 2.94. The minimum atomic E-state index is 0.189. The molecular weight excluding hydrogens is 207 g/mol. The fraction of sp³-hybridized carbons (Fsp3) is 0.400. The average Bonchev–Trinajstić information content (AvgIpc) is 2.02. The van der Waals surface area contributed by atoms with Gasteiger partial charge < -0.3 is 4.74 Å². The van der Waals surface area contributed by atoms with Gasteiger partial charge in [-0.25, -0.2) is 0 Å². The van der Waals surface area contributed by atoms with Crippen LogP contribution >= 0.6 is 23.2 Å². The van der Waals surface area contributed by atoms with Crippen LogP contribution < -0.4 is 4.74 Å². The first-order valence-corrected chi connectivity index (χ1v) is 5.00. The molecule has 0 bridgehead atoms. The van der Waals surface area contributed by atoms with Crippen molar-refractivity contribution in [3.8, 4) is 5.75 Å². The molecule has 72 valence electrons. The van der Waals surface area contributed by atoms with Gasteiger partial charge in [0.15, 0.2) is 0 Å². The first-order valence-electron chi connectivity index (χ1n) is 4.24. The Bertz CT molecular complexity index is 266. The highest BCUT2D eigenvalue weighted by Crippen LogP contribution is 2.25. The van der Waals surface area contributed by atoms with Gasteiger partial charge in [0.25, 0.3) is 0 Å². The van der Waals surface area contributed by atoms with E-state index in [1.54, 1.807) is 18.2 Å². The van der Waals surface area contributed by atoms with Gasteiger partial charge in [0, 0.05) is 10.0 Å². The van der Waals surface area contributed by atoms with E-state index in [0.717, 1.165) is 12.2 Å². The molecule has 1 aromatic rings. The van der Waals surface area contributed by atoms with E-state index in [-0.39, 0.29) is 6.10 Å². The Labute approximate surface area is 88.6 Å². The maximum Gasteiger partial charge on any atom is 0.122 e. The number of ether oxygens (including phenoxy) is 1. The highest BCUT2D eigenvalue weighted by atomic mass is 35.5. The predicted octanol–water partition coefficient (Wildman–Crippen LogP) is 4.17. The normalized spacial score (nSPS) is 12.6. The highest BCUT2D eigenvalue weighted by molar-refractivity contribution is 6.34. The molecular formula is C10H12Cl2O. The maximum atomic E-state index is 5.81. The molecule has 0 radical (unpaired) electrons. The van der Waals surface area contributed by atoms with Crippen LogP contribution in [0.1, 0.15) is 20.3 Å². The van der Waals surface area contributed by atoms with Gasteiger partial charge in [0.05, 0.1) is 6.10 Å². The number of halogens is 2. The third kappa shape index (κ3) is 3.45. The summed E-state index contributed by atoms with van der Waals surface area (Å²) < 4.78 is 5.56. The molecule has 0 saturated carbocycles. The minimum Gasteiger partial charge on any atom is -0.491 e. The molecule has 0 spiro atoms. The van der Waals surface area contributed by atoms with Crippen molar-refractivity contribution in [1.82, 2.24) is 0 Å². The Morgan fingerprint density at radius 2 is 1.77 bits per heavy atom. The zero-order valence-electron chi connectivity index (χ0n) is 7.68. The van der Waals surface area contributed by atoms with Crippen molar-refractivity contribution >= 4 is 23.2 Å². The quantitative estimate of drug-likeness (QED) is 0.741. The highest BCUT2D eigenvalue weighted by Gasteiger charge is 2.02. The minimum absolute atomic E-state index is 0.189. The van der Waals surface area contributed by atoms with Gasteiger partial charge in [-0.3, -0.25) is 0 Å². The zero-order chi connectivity index (χ0) is 9.84. The summed E-state index contributed by atoms with van der Waals surface area (Å²) in [5, 5.41) is 1.21. The van der Waals surface area contributed by atoms with Crippen LogP contribution in [0, 0.1) is 0 Å². The van der Waals surface area contributed by atoms with Crippen LogP contribution in [0.15, 0.2) is 18.2 Å². The lowest BCUT2D eigenvalue weighted by molar-refractivity contribution is 0.217. The number of hydrogen-bond acceptors (Lipinski definition) is 1. The second kappa shape index (κ2) is 4.73. The Hall–Kier alpha value is -0.400. The van der Waals surface area contributed by atoms with Crippen LogP contribution in [0.25, 0.3) is 0 Å². The van der Waals surface area contributed by atoms with E-state index in [4.69, 9.17) is 27.9 Å². The van der Waals surface area contributed by atoms with E-state index in [9.17, 15) is 0 Å². The van der Waals surface area contributed by atoms with Crippen molar-refractivity contribution in [1.29, 1.82) is 0 Å². The summed E-state index contributed by atoms with van der Waals surface area (Å²) >= 11 is 11.6. The molecule has 0 heterocycles. The second-order valence-corrected chi connectivity index (χ2v) is 3.81. The lowest BCUT2D eigenvalue weighted by Gasteiger charge is -2.12. The third-order valence-corrected chi connectivity index (χ3v) is 2.18. The first kappa shape index (κ1) is 10.7. The Kier molecular flexibility index (Phi) is 3.89. The molecule has 13 heavy (non-hydrogen) atoms. The molecule has 0 aliphatic rings. The molecule has 1 unspecified atom stereocenters. The van der Waals surface area contributed by atoms with Crippen LogP contribution in [0.2, 0.25) is 10.0 Å². The summed E-state index contributed by atoms with van der Waals surface area (Å²) in [5.74, 6) is 0.729. The molecule has 1 rings (SSSR count). The van der Waals surface area contributed by atoms with Gasteiger partial charge in [0.1, 0.15) is 5.75 Å².